The largest absolute Gasteiger partial charge is 0.417 e. The highest BCUT2D eigenvalue weighted by atomic mass is 35.5. The van der Waals surface area contributed by atoms with Gasteiger partial charge in [0.15, 0.2) is 0 Å². The predicted octanol–water partition coefficient (Wildman–Crippen LogP) is 6.32. The molecule has 1 aromatic carbocycles. The molecule has 5 rings (SSSR count). The van der Waals surface area contributed by atoms with Gasteiger partial charge in [-0.15, -0.1) is 0 Å². The van der Waals surface area contributed by atoms with Crippen LogP contribution in [0.4, 0.5) is 13.2 Å². The third-order valence-corrected chi connectivity index (χ3v) is 7.02. The van der Waals surface area contributed by atoms with Gasteiger partial charge in [-0.25, -0.2) is 0 Å². The molecule has 0 radical (unpaired) electrons. The SMILES string of the molecule is CC(c1ccc(C(F)(F)F)cn1)N1CCC2(CC1)OC(c1cc(Cl)ccn1)c1ccccc12. The van der Waals surface area contributed by atoms with Crippen LogP contribution in [0.5, 0.6) is 0 Å². The number of likely N-dealkylation sites (tertiary alicyclic amines) is 1. The van der Waals surface area contributed by atoms with Gasteiger partial charge in [-0.05, 0) is 55.2 Å². The summed E-state index contributed by atoms with van der Waals surface area (Å²) in [5.74, 6) is 0. The van der Waals surface area contributed by atoms with E-state index in [0.29, 0.717) is 10.7 Å². The number of fused-ring (bicyclic) bond motifs is 2. The van der Waals surface area contributed by atoms with Crippen molar-refractivity contribution in [2.45, 2.75) is 43.7 Å². The molecule has 4 nitrogen and oxygen atoms in total. The Morgan fingerprint density at radius 1 is 1.09 bits per heavy atom. The summed E-state index contributed by atoms with van der Waals surface area (Å²) in [5.41, 5.74) is 2.56. The monoisotopic (exact) mass is 473 g/mol. The molecular formula is C25H23ClF3N3O. The second-order valence-electron chi connectivity index (χ2n) is 8.66. The summed E-state index contributed by atoms with van der Waals surface area (Å²) in [4.78, 5) is 10.8. The number of aromatic nitrogens is 2. The van der Waals surface area contributed by atoms with Gasteiger partial charge in [0.25, 0.3) is 0 Å². The van der Waals surface area contributed by atoms with Crippen molar-refractivity contribution >= 4 is 11.6 Å². The Hall–Kier alpha value is -2.48. The number of hydrogen-bond donors (Lipinski definition) is 0. The molecular weight excluding hydrogens is 451 g/mol. The Morgan fingerprint density at radius 3 is 2.52 bits per heavy atom. The molecule has 2 aliphatic heterocycles. The number of hydrogen-bond acceptors (Lipinski definition) is 4. The fourth-order valence-electron chi connectivity index (χ4n) is 4.94. The van der Waals surface area contributed by atoms with E-state index < -0.39 is 17.3 Å². The first-order valence-corrected chi connectivity index (χ1v) is 11.3. The van der Waals surface area contributed by atoms with Crippen molar-refractivity contribution in [2.24, 2.45) is 0 Å². The summed E-state index contributed by atoms with van der Waals surface area (Å²) < 4.78 is 45.3. The number of piperidine rings is 1. The molecule has 2 unspecified atom stereocenters. The lowest BCUT2D eigenvalue weighted by atomic mass is 9.83. The van der Waals surface area contributed by atoms with Crippen molar-refractivity contribution in [3.63, 3.8) is 0 Å². The minimum Gasteiger partial charge on any atom is -0.356 e. The Kier molecular flexibility index (Phi) is 5.67. The van der Waals surface area contributed by atoms with Crippen LogP contribution in [0.15, 0.2) is 60.9 Å². The van der Waals surface area contributed by atoms with E-state index in [9.17, 15) is 13.2 Å². The molecule has 0 saturated carbocycles. The normalized spacial score (nSPS) is 21.2. The average Bonchev–Trinajstić information content (AvgIpc) is 3.13. The third-order valence-electron chi connectivity index (χ3n) is 6.78. The van der Waals surface area contributed by atoms with E-state index in [4.69, 9.17) is 16.3 Å². The van der Waals surface area contributed by atoms with Gasteiger partial charge < -0.3 is 4.74 Å². The number of pyridine rings is 2. The summed E-state index contributed by atoms with van der Waals surface area (Å²) in [7, 11) is 0. The van der Waals surface area contributed by atoms with E-state index in [2.05, 4.69) is 27.0 Å². The van der Waals surface area contributed by atoms with Crippen molar-refractivity contribution in [3.05, 3.63) is 94.0 Å². The minimum absolute atomic E-state index is 0.0910. The van der Waals surface area contributed by atoms with E-state index >= 15 is 0 Å². The Balaban J connectivity index is 1.34. The van der Waals surface area contributed by atoms with Crippen molar-refractivity contribution in [1.29, 1.82) is 0 Å². The predicted molar refractivity (Wildman–Crippen MR) is 119 cm³/mol. The van der Waals surface area contributed by atoms with Gasteiger partial charge in [0.05, 0.1) is 22.6 Å². The Labute approximate surface area is 195 Å². The fraction of sp³-hybridized carbons (Fsp3) is 0.360. The van der Waals surface area contributed by atoms with Crippen molar-refractivity contribution in [2.75, 3.05) is 13.1 Å². The van der Waals surface area contributed by atoms with Crippen molar-refractivity contribution in [3.8, 4) is 0 Å². The maximum Gasteiger partial charge on any atom is 0.417 e. The van der Waals surface area contributed by atoms with Gasteiger partial charge in [0.1, 0.15) is 6.10 Å². The van der Waals surface area contributed by atoms with E-state index in [1.807, 2.05) is 25.1 Å². The first kappa shape index (κ1) is 22.3. The third kappa shape index (κ3) is 4.14. The molecule has 0 N–H and O–H groups in total. The van der Waals surface area contributed by atoms with E-state index in [1.165, 1.54) is 11.6 Å². The number of halogens is 4. The quantitative estimate of drug-likeness (QED) is 0.446. The highest BCUT2D eigenvalue weighted by molar-refractivity contribution is 6.30. The number of ether oxygens (including phenoxy) is 1. The first-order chi connectivity index (χ1) is 15.8. The average molecular weight is 474 g/mol. The number of rotatable bonds is 3. The molecule has 2 atom stereocenters. The van der Waals surface area contributed by atoms with Crippen LogP contribution < -0.4 is 0 Å². The maximum atomic E-state index is 12.9. The zero-order valence-electron chi connectivity index (χ0n) is 18.0. The lowest BCUT2D eigenvalue weighted by molar-refractivity contribution is -0.137. The van der Waals surface area contributed by atoms with E-state index in [0.717, 1.165) is 49.5 Å². The highest BCUT2D eigenvalue weighted by Gasteiger charge is 2.48. The lowest BCUT2D eigenvalue weighted by Gasteiger charge is -2.42. The summed E-state index contributed by atoms with van der Waals surface area (Å²) >= 11 is 6.20. The second-order valence-corrected chi connectivity index (χ2v) is 9.10. The Morgan fingerprint density at radius 2 is 1.85 bits per heavy atom. The molecule has 1 saturated heterocycles. The maximum absolute atomic E-state index is 12.9. The zero-order valence-corrected chi connectivity index (χ0v) is 18.8. The van der Waals surface area contributed by atoms with Crippen LogP contribution in [0.2, 0.25) is 5.02 Å². The van der Waals surface area contributed by atoms with Crippen LogP contribution in [0, 0.1) is 0 Å². The standard InChI is InChI=1S/C25H23ClF3N3O/c1-16(21-7-6-17(15-31-21)25(27,28)29)32-12-9-24(10-13-32)20-5-3-2-4-19(20)23(33-24)22-14-18(26)8-11-30-22/h2-8,11,14-16,23H,9-10,12-13H2,1H3. The van der Waals surface area contributed by atoms with Gasteiger partial charge >= 0.3 is 6.18 Å². The van der Waals surface area contributed by atoms with Gasteiger partial charge in [0.2, 0.25) is 0 Å². The van der Waals surface area contributed by atoms with Gasteiger partial charge in [0, 0.05) is 36.5 Å². The summed E-state index contributed by atoms with van der Waals surface area (Å²) in [6.45, 7) is 3.47. The fourth-order valence-corrected chi connectivity index (χ4v) is 5.11. The topological polar surface area (TPSA) is 38.2 Å². The number of nitrogens with zero attached hydrogens (tertiary/aromatic N) is 3. The summed E-state index contributed by atoms with van der Waals surface area (Å²) in [6, 6.07) is 14.3. The van der Waals surface area contributed by atoms with Crippen LogP contribution in [0.3, 0.4) is 0 Å². The molecule has 4 heterocycles. The summed E-state index contributed by atoms with van der Waals surface area (Å²) in [6.07, 6.45) is -0.515. The second kappa shape index (κ2) is 8.38. The van der Waals surface area contributed by atoms with Gasteiger partial charge in [-0.1, -0.05) is 35.9 Å². The smallest absolute Gasteiger partial charge is 0.356 e. The van der Waals surface area contributed by atoms with Gasteiger partial charge in [-0.2, -0.15) is 13.2 Å². The molecule has 2 aliphatic rings. The number of alkyl halides is 3. The van der Waals surface area contributed by atoms with E-state index in [1.54, 1.807) is 12.3 Å². The molecule has 0 aliphatic carbocycles. The number of benzene rings is 1. The molecule has 172 valence electrons. The molecule has 2 aromatic heterocycles. The molecule has 1 fully saturated rings. The Bertz CT molecular complexity index is 1140. The van der Waals surface area contributed by atoms with Crippen molar-refractivity contribution in [1.82, 2.24) is 14.9 Å². The molecule has 0 amide bonds. The molecule has 33 heavy (non-hydrogen) atoms. The van der Waals surface area contributed by atoms with Crippen LogP contribution in [0.1, 0.15) is 60.0 Å². The molecule has 0 bridgehead atoms. The summed E-state index contributed by atoms with van der Waals surface area (Å²) in [5, 5.41) is 0.620. The zero-order chi connectivity index (χ0) is 23.2. The van der Waals surface area contributed by atoms with Crippen molar-refractivity contribution < 1.29 is 17.9 Å². The minimum atomic E-state index is -4.38. The first-order valence-electron chi connectivity index (χ1n) is 10.9. The lowest BCUT2D eigenvalue weighted by Crippen LogP contribution is -2.43. The van der Waals surface area contributed by atoms with Crippen LogP contribution in [-0.4, -0.2) is 28.0 Å². The highest BCUT2D eigenvalue weighted by Crippen LogP contribution is 2.51. The molecule has 8 heteroatoms. The van der Waals surface area contributed by atoms with Crippen LogP contribution in [-0.2, 0) is 16.5 Å². The van der Waals surface area contributed by atoms with Crippen LogP contribution >= 0.6 is 11.6 Å². The van der Waals surface area contributed by atoms with E-state index in [-0.39, 0.29) is 12.1 Å². The molecule has 3 aromatic rings. The molecule has 1 spiro atoms. The van der Waals surface area contributed by atoms with Gasteiger partial charge in [-0.3, -0.25) is 14.9 Å². The van der Waals surface area contributed by atoms with Crippen LogP contribution in [0.25, 0.3) is 0 Å².